The van der Waals surface area contributed by atoms with Crippen molar-refractivity contribution in [2.45, 2.75) is 44.2 Å². The molecule has 3 heteroatoms. The molecular weight excluding hydrogens is 229 g/mol. The molecule has 1 aliphatic rings. The lowest BCUT2D eigenvalue weighted by molar-refractivity contribution is -0.0223. The van der Waals surface area contributed by atoms with Gasteiger partial charge in [0.1, 0.15) is 5.82 Å². The van der Waals surface area contributed by atoms with Crippen molar-refractivity contribution < 1.29 is 9.50 Å². The van der Waals surface area contributed by atoms with Gasteiger partial charge in [-0.3, -0.25) is 4.90 Å². The first-order valence-electron chi connectivity index (χ1n) is 6.73. The van der Waals surface area contributed by atoms with E-state index in [4.69, 9.17) is 0 Å². The lowest BCUT2D eigenvalue weighted by Crippen LogP contribution is -2.42. The van der Waals surface area contributed by atoms with Gasteiger partial charge < -0.3 is 5.11 Å². The van der Waals surface area contributed by atoms with E-state index in [1.165, 1.54) is 18.6 Å². The molecule has 100 valence electrons. The largest absolute Gasteiger partial charge is 0.389 e. The smallest absolute Gasteiger partial charge is 0.123 e. The molecule has 0 aliphatic heterocycles. The van der Waals surface area contributed by atoms with Crippen LogP contribution in [-0.2, 0) is 6.54 Å². The van der Waals surface area contributed by atoms with Crippen molar-refractivity contribution in [3.63, 3.8) is 0 Å². The molecule has 2 nitrogen and oxygen atoms in total. The van der Waals surface area contributed by atoms with E-state index in [0.29, 0.717) is 6.54 Å². The van der Waals surface area contributed by atoms with Crippen LogP contribution in [0.1, 0.15) is 37.7 Å². The van der Waals surface area contributed by atoms with E-state index in [2.05, 4.69) is 4.90 Å². The van der Waals surface area contributed by atoms with Crippen molar-refractivity contribution in [1.82, 2.24) is 4.90 Å². The first-order chi connectivity index (χ1) is 8.57. The zero-order chi connectivity index (χ0) is 13.0. The van der Waals surface area contributed by atoms with Gasteiger partial charge in [-0.1, -0.05) is 31.4 Å². The topological polar surface area (TPSA) is 23.5 Å². The Bertz CT molecular complexity index is 371. The van der Waals surface area contributed by atoms with Crippen LogP contribution in [0.5, 0.6) is 0 Å². The van der Waals surface area contributed by atoms with Gasteiger partial charge in [-0.25, -0.2) is 4.39 Å². The van der Waals surface area contributed by atoms with E-state index < -0.39 is 5.60 Å². The van der Waals surface area contributed by atoms with E-state index in [9.17, 15) is 9.50 Å². The summed E-state index contributed by atoms with van der Waals surface area (Å²) in [6.07, 6.45) is 5.30. The maximum atomic E-state index is 12.8. The minimum absolute atomic E-state index is 0.202. The quantitative estimate of drug-likeness (QED) is 0.889. The highest BCUT2D eigenvalue weighted by Gasteiger charge is 2.30. The minimum atomic E-state index is -0.521. The second-order valence-electron chi connectivity index (χ2n) is 5.58. The third kappa shape index (κ3) is 3.79. The molecule has 2 rings (SSSR count). The van der Waals surface area contributed by atoms with Gasteiger partial charge in [-0.05, 0) is 37.6 Å². The minimum Gasteiger partial charge on any atom is -0.389 e. The highest BCUT2D eigenvalue weighted by molar-refractivity contribution is 5.15. The lowest BCUT2D eigenvalue weighted by Gasteiger charge is -2.35. The summed E-state index contributed by atoms with van der Waals surface area (Å²) < 4.78 is 12.8. The molecule has 1 aromatic carbocycles. The number of halogens is 1. The highest BCUT2D eigenvalue weighted by atomic mass is 19.1. The number of likely N-dealkylation sites (N-methyl/N-ethyl adjacent to an activating group) is 1. The number of hydrogen-bond donors (Lipinski definition) is 1. The van der Waals surface area contributed by atoms with Crippen LogP contribution < -0.4 is 0 Å². The van der Waals surface area contributed by atoms with Gasteiger partial charge in [0.15, 0.2) is 0 Å². The summed E-state index contributed by atoms with van der Waals surface area (Å²) in [6, 6.07) is 6.57. The molecule has 18 heavy (non-hydrogen) atoms. The molecule has 1 saturated carbocycles. The number of rotatable bonds is 4. The molecule has 0 spiro atoms. The summed E-state index contributed by atoms with van der Waals surface area (Å²) in [5.41, 5.74) is 0.561. The van der Waals surface area contributed by atoms with Gasteiger partial charge in [-0.2, -0.15) is 0 Å². The normalized spacial score (nSPS) is 19.1. The SMILES string of the molecule is CN(Cc1ccc(F)cc1)CC1(O)CCCCC1. The Morgan fingerprint density at radius 1 is 1.17 bits per heavy atom. The summed E-state index contributed by atoms with van der Waals surface area (Å²) in [7, 11) is 2.01. The van der Waals surface area contributed by atoms with Crippen LogP contribution >= 0.6 is 0 Å². The van der Waals surface area contributed by atoms with Crippen molar-refractivity contribution in [3.05, 3.63) is 35.6 Å². The van der Waals surface area contributed by atoms with Crippen molar-refractivity contribution in [1.29, 1.82) is 0 Å². The average Bonchev–Trinajstić information content (AvgIpc) is 2.32. The van der Waals surface area contributed by atoms with Gasteiger partial charge in [-0.15, -0.1) is 0 Å². The molecule has 1 fully saturated rings. The molecule has 0 radical (unpaired) electrons. The molecule has 1 aliphatic carbocycles. The third-order valence-corrected chi connectivity index (χ3v) is 3.71. The number of hydrogen-bond acceptors (Lipinski definition) is 2. The van der Waals surface area contributed by atoms with Gasteiger partial charge in [0, 0.05) is 13.1 Å². The molecule has 0 saturated heterocycles. The summed E-state index contributed by atoms with van der Waals surface area (Å²) >= 11 is 0. The first kappa shape index (κ1) is 13.5. The predicted octanol–water partition coefficient (Wildman–Crippen LogP) is 2.95. The average molecular weight is 251 g/mol. The fourth-order valence-electron chi connectivity index (χ4n) is 2.83. The molecule has 1 aromatic rings. The summed E-state index contributed by atoms with van der Waals surface area (Å²) in [6.45, 7) is 1.45. The highest BCUT2D eigenvalue weighted by Crippen LogP contribution is 2.28. The summed E-state index contributed by atoms with van der Waals surface area (Å²) in [4.78, 5) is 2.12. The van der Waals surface area contributed by atoms with Crippen LogP contribution in [0.4, 0.5) is 4.39 Å². The fraction of sp³-hybridized carbons (Fsp3) is 0.600. The molecule has 0 heterocycles. The van der Waals surface area contributed by atoms with Gasteiger partial charge in [0.25, 0.3) is 0 Å². The van der Waals surface area contributed by atoms with Crippen LogP contribution in [0.15, 0.2) is 24.3 Å². The van der Waals surface area contributed by atoms with E-state index in [1.54, 1.807) is 12.1 Å². The molecule has 0 unspecified atom stereocenters. The van der Waals surface area contributed by atoms with Crippen LogP contribution in [0.3, 0.4) is 0 Å². The monoisotopic (exact) mass is 251 g/mol. The molecular formula is C15H22FNO. The van der Waals surface area contributed by atoms with E-state index >= 15 is 0 Å². The molecule has 0 amide bonds. The zero-order valence-electron chi connectivity index (χ0n) is 11.0. The van der Waals surface area contributed by atoms with Gasteiger partial charge >= 0.3 is 0 Å². The summed E-state index contributed by atoms with van der Waals surface area (Å²) in [5.74, 6) is -0.202. The Labute approximate surface area is 108 Å². The van der Waals surface area contributed by atoms with Crippen molar-refractivity contribution in [2.24, 2.45) is 0 Å². The van der Waals surface area contributed by atoms with Gasteiger partial charge in [0.05, 0.1) is 5.60 Å². The molecule has 0 atom stereocenters. The van der Waals surface area contributed by atoms with E-state index in [1.807, 2.05) is 7.05 Å². The zero-order valence-corrected chi connectivity index (χ0v) is 11.0. The number of benzene rings is 1. The van der Waals surface area contributed by atoms with Crippen molar-refractivity contribution in [3.8, 4) is 0 Å². The van der Waals surface area contributed by atoms with E-state index in [-0.39, 0.29) is 5.82 Å². The fourth-order valence-corrected chi connectivity index (χ4v) is 2.83. The number of nitrogens with zero attached hydrogens (tertiary/aromatic N) is 1. The molecule has 0 bridgehead atoms. The Balaban J connectivity index is 1.87. The lowest BCUT2D eigenvalue weighted by atomic mass is 9.84. The van der Waals surface area contributed by atoms with Gasteiger partial charge in [0.2, 0.25) is 0 Å². The second-order valence-corrected chi connectivity index (χ2v) is 5.58. The number of aliphatic hydroxyl groups is 1. The summed E-state index contributed by atoms with van der Waals surface area (Å²) in [5, 5.41) is 10.5. The third-order valence-electron chi connectivity index (χ3n) is 3.71. The Hall–Kier alpha value is -0.930. The standard InChI is InChI=1S/C15H22FNO/c1-17(11-13-5-7-14(16)8-6-13)12-15(18)9-3-2-4-10-15/h5-8,18H,2-4,9-12H2,1H3. The second kappa shape index (κ2) is 5.81. The molecule has 1 N–H and O–H groups in total. The Kier molecular flexibility index (Phi) is 4.36. The first-order valence-corrected chi connectivity index (χ1v) is 6.73. The van der Waals surface area contributed by atoms with Crippen LogP contribution in [-0.4, -0.2) is 29.2 Å². The molecule has 0 aromatic heterocycles. The van der Waals surface area contributed by atoms with Crippen molar-refractivity contribution in [2.75, 3.05) is 13.6 Å². The van der Waals surface area contributed by atoms with Crippen LogP contribution in [0, 0.1) is 5.82 Å². The maximum absolute atomic E-state index is 12.8. The van der Waals surface area contributed by atoms with Crippen LogP contribution in [0.25, 0.3) is 0 Å². The van der Waals surface area contributed by atoms with Crippen LogP contribution in [0.2, 0.25) is 0 Å². The predicted molar refractivity (Wildman–Crippen MR) is 70.8 cm³/mol. The maximum Gasteiger partial charge on any atom is 0.123 e. The Morgan fingerprint density at radius 3 is 2.39 bits per heavy atom. The Morgan fingerprint density at radius 2 is 1.78 bits per heavy atom. The van der Waals surface area contributed by atoms with Crippen molar-refractivity contribution >= 4 is 0 Å². The van der Waals surface area contributed by atoms with E-state index in [0.717, 1.165) is 37.8 Å².